The van der Waals surface area contributed by atoms with Gasteiger partial charge in [0.05, 0.1) is 17.9 Å². The summed E-state index contributed by atoms with van der Waals surface area (Å²) in [7, 11) is -3.71. The molecule has 1 aliphatic heterocycles. The van der Waals surface area contributed by atoms with Crippen molar-refractivity contribution in [1.82, 2.24) is 10.3 Å². The maximum Gasteiger partial charge on any atom is 0.433 e. The number of rotatable bonds is 10. The minimum absolute atomic E-state index is 0.0458. The molecule has 9 nitrogen and oxygen atoms in total. The number of alkyl halides is 3. The fourth-order valence-electron chi connectivity index (χ4n) is 5.27. The molecule has 1 aromatic heterocycles. The molecular formula is C31H35F4N5O4S. The van der Waals surface area contributed by atoms with Gasteiger partial charge in [0.25, 0.3) is 0 Å². The zero-order valence-corrected chi connectivity index (χ0v) is 25.9. The molecule has 2 heterocycles. The number of pyridine rings is 1. The van der Waals surface area contributed by atoms with E-state index in [4.69, 9.17) is 0 Å². The number of benzene rings is 2. The number of piperidine rings is 1. The lowest BCUT2D eigenvalue weighted by atomic mass is 9.99. The minimum atomic E-state index is -4.68. The van der Waals surface area contributed by atoms with Crippen molar-refractivity contribution in [2.75, 3.05) is 33.9 Å². The number of nitrogens with zero attached hydrogens (tertiary/aromatic N) is 3. The second-order valence-corrected chi connectivity index (χ2v) is 12.6. The molecule has 1 fully saturated rings. The SMILES string of the molecule is CCC(=O)N(c1ccccc1)C1CCN(c2nc(C(F)(F)F)ccc2CNC(=O)C(C)c2ccc(NS(C)(=O)=O)c(F)c2)CC1. The van der Waals surface area contributed by atoms with E-state index in [1.165, 1.54) is 25.1 Å². The molecule has 0 aliphatic carbocycles. The van der Waals surface area contributed by atoms with E-state index < -0.39 is 39.5 Å². The van der Waals surface area contributed by atoms with Crippen molar-refractivity contribution in [2.45, 2.75) is 57.8 Å². The topological polar surface area (TPSA) is 112 Å². The number of nitrogens with one attached hydrogen (secondary N) is 2. The summed E-state index contributed by atoms with van der Waals surface area (Å²) in [6.45, 7) is 3.85. The van der Waals surface area contributed by atoms with Crippen LogP contribution in [0.5, 0.6) is 0 Å². The van der Waals surface area contributed by atoms with Crippen LogP contribution in [0.2, 0.25) is 0 Å². The van der Waals surface area contributed by atoms with E-state index in [1.807, 2.05) is 30.3 Å². The second kappa shape index (κ2) is 13.8. The minimum Gasteiger partial charge on any atom is -0.356 e. The van der Waals surface area contributed by atoms with E-state index >= 15 is 0 Å². The molecule has 0 radical (unpaired) electrons. The third-order valence-corrected chi connectivity index (χ3v) is 8.21. The van der Waals surface area contributed by atoms with Crippen molar-refractivity contribution >= 4 is 39.0 Å². The van der Waals surface area contributed by atoms with Crippen molar-refractivity contribution < 1.29 is 35.6 Å². The van der Waals surface area contributed by atoms with Gasteiger partial charge in [-0.1, -0.05) is 37.3 Å². The summed E-state index contributed by atoms with van der Waals surface area (Å²) in [5.41, 5.74) is 0.0862. The third kappa shape index (κ3) is 8.50. The molecule has 2 aromatic carbocycles. The summed E-state index contributed by atoms with van der Waals surface area (Å²) >= 11 is 0. The molecule has 14 heteroatoms. The Kier molecular flexibility index (Phi) is 10.4. The number of carbonyl (C=O) groups excluding carboxylic acids is 2. The predicted molar refractivity (Wildman–Crippen MR) is 164 cm³/mol. The third-order valence-electron chi connectivity index (χ3n) is 7.62. The van der Waals surface area contributed by atoms with E-state index in [-0.39, 0.29) is 35.6 Å². The van der Waals surface area contributed by atoms with Crippen molar-refractivity contribution in [3.8, 4) is 0 Å². The van der Waals surface area contributed by atoms with Crippen LogP contribution < -0.4 is 19.8 Å². The number of carbonyl (C=O) groups is 2. The Morgan fingerprint density at radius 1 is 1.07 bits per heavy atom. The van der Waals surface area contributed by atoms with Crippen molar-refractivity contribution in [3.63, 3.8) is 0 Å². The van der Waals surface area contributed by atoms with E-state index in [0.717, 1.165) is 24.1 Å². The highest BCUT2D eigenvalue weighted by atomic mass is 32.2. The fourth-order valence-corrected chi connectivity index (χ4v) is 5.84. The zero-order valence-electron chi connectivity index (χ0n) is 25.1. The van der Waals surface area contributed by atoms with Gasteiger partial charge in [-0.2, -0.15) is 13.2 Å². The number of hydrogen-bond acceptors (Lipinski definition) is 6. The van der Waals surface area contributed by atoms with Gasteiger partial charge in [0, 0.05) is 43.3 Å². The Balaban J connectivity index is 1.50. The van der Waals surface area contributed by atoms with Crippen LogP contribution in [0.15, 0.2) is 60.7 Å². The normalized spacial score (nSPS) is 15.0. The maximum atomic E-state index is 14.5. The van der Waals surface area contributed by atoms with E-state index in [0.29, 0.717) is 37.9 Å². The Morgan fingerprint density at radius 2 is 1.73 bits per heavy atom. The molecule has 1 saturated heterocycles. The summed E-state index contributed by atoms with van der Waals surface area (Å²) in [6.07, 6.45) is -2.49. The second-order valence-electron chi connectivity index (χ2n) is 10.9. The Bertz CT molecular complexity index is 1630. The number of sulfonamides is 1. The van der Waals surface area contributed by atoms with Crippen molar-refractivity contribution in [2.24, 2.45) is 0 Å². The molecule has 0 spiro atoms. The van der Waals surface area contributed by atoms with Crippen LogP contribution in [0.3, 0.4) is 0 Å². The Labute approximate surface area is 259 Å². The predicted octanol–water partition coefficient (Wildman–Crippen LogP) is 5.44. The molecule has 242 valence electrons. The quantitative estimate of drug-likeness (QED) is 0.283. The van der Waals surface area contributed by atoms with Gasteiger partial charge in [-0.05, 0) is 55.7 Å². The molecule has 4 rings (SSSR count). The largest absolute Gasteiger partial charge is 0.433 e. The highest BCUT2D eigenvalue weighted by molar-refractivity contribution is 7.92. The number of para-hydroxylation sites is 1. The van der Waals surface area contributed by atoms with E-state index in [9.17, 15) is 35.6 Å². The smallest absolute Gasteiger partial charge is 0.356 e. The standard InChI is InChI=1S/C31H35F4N5O4S/c1-4-28(41)40(23-8-6-5-7-9-23)24-14-16-39(17-15-24)29-22(11-13-27(37-29)31(33,34)35)19-36-30(42)20(2)21-10-12-26(25(32)18-21)38-45(3,43)44/h5-13,18,20,24,38H,4,14-17,19H2,1-3H3,(H,36,42). The number of anilines is 3. The molecule has 1 atom stereocenters. The number of hydrogen-bond donors (Lipinski definition) is 2. The Hall–Kier alpha value is -4.20. The molecule has 2 N–H and O–H groups in total. The van der Waals surface area contributed by atoms with Crippen LogP contribution in [0, 0.1) is 5.82 Å². The van der Waals surface area contributed by atoms with E-state index in [2.05, 4.69) is 15.0 Å². The van der Waals surface area contributed by atoms with Gasteiger partial charge in [-0.15, -0.1) is 0 Å². The highest BCUT2D eigenvalue weighted by Crippen LogP contribution is 2.33. The molecular weight excluding hydrogens is 614 g/mol. The number of amides is 2. The maximum absolute atomic E-state index is 14.5. The first-order chi connectivity index (χ1) is 21.2. The summed E-state index contributed by atoms with van der Waals surface area (Å²) in [5.74, 6) is -2.18. The zero-order chi connectivity index (χ0) is 32.9. The molecule has 45 heavy (non-hydrogen) atoms. The van der Waals surface area contributed by atoms with Gasteiger partial charge in [0.2, 0.25) is 21.8 Å². The van der Waals surface area contributed by atoms with Crippen LogP contribution in [0.4, 0.5) is 34.8 Å². The summed E-state index contributed by atoms with van der Waals surface area (Å²) in [6, 6.07) is 14.9. The molecule has 0 bridgehead atoms. The first-order valence-corrected chi connectivity index (χ1v) is 16.3. The van der Waals surface area contributed by atoms with Crippen molar-refractivity contribution in [1.29, 1.82) is 0 Å². The van der Waals surface area contributed by atoms with E-state index in [1.54, 1.807) is 16.7 Å². The number of halogens is 4. The van der Waals surface area contributed by atoms with Gasteiger partial charge in [0.15, 0.2) is 0 Å². The molecule has 0 saturated carbocycles. The summed E-state index contributed by atoms with van der Waals surface area (Å²) < 4.78 is 80.4. The van der Waals surface area contributed by atoms with Gasteiger partial charge in [0.1, 0.15) is 17.3 Å². The van der Waals surface area contributed by atoms with Crippen LogP contribution in [0.1, 0.15) is 55.8 Å². The van der Waals surface area contributed by atoms with Crippen LogP contribution >= 0.6 is 0 Å². The summed E-state index contributed by atoms with van der Waals surface area (Å²) in [4.78, 5) is 33.3. The molecule has 1 aliphatic rings. The van der Waals surface area contributed by atoms with Crippen LogP contribution in [-0.4, -0.2) is 50.6 Å². The average molecular weight is 650 g/mol. The van der Waals surface area contributed by atoms with Crippen molar-refractivity contribution in [3.05, 3.63) is 83.3 Å². The van der Waals surface area contributed by atoms with Gasteiger partial charge in [-0.25, -0.2) is 17.8 Å². The lowest BCUT2D eigenvalue weighted by molar-refractivity contribution is -0.141. The molecule has 3 aromatic rings. The Morgan fingerprint density at radius 3 is 2.31 bits per heavy atom. The lowest BCUT2D eigenvalue weighted by Crippen LogP contribution is -2.48. The first-order valence-electron chi connectivity index (χ1n) is 14.4. The summed E-state index contributed by atoms with van der Waals surface area (Å²) in [5, 5.41) is 2.70. The average Bonchev–Trinajstić information content (AvgIpc) is 3.00. The monoisotopic (exact) mass is 649 g/mol. The first kappa shape index (κ1) is 33.7. The van der Waals surface area contributed by atoms with Gasteiger partial charge >= 0.3 is 6.18 Å². The highest BCUT2D eigenvalue weighted by Gasteiger charge is 2.35. The van der Waals surface area contributed by atoms with Gasteiger partial charge < -0.3 is 15.1 Å². The van der Waals surface area contributed by atoms with Crippen LogP contribution in [0.25, 0.3) is 0 Å². The fraction of sp³-hybridized carbons (Fsp3) is 0.387. The molecule has 1 unspecified atom stereocenters. The van der Waals surface area contributed by atoms with Crippen LogP contribution in [-0.2, 0) is 32.3 Å². The molecule has 2 amide bonds. The number of aromatic nitrogens is 1. The van der Waals surface area contributed by atoms with Gasteiger partial charge in [-0.3, -0.25) is 14.3 Å². The lowest BCUT2D eigenvalue weighted by Gasteiger charge is -2.39.